The maximum Gasteiger partial charge on any atom is 0.243 e. The van der Waals surface area contributed by atoms with Gasteiger partial charge < -0.3 is 0 Å². The number of thioether (sulfide) groups is 1. The Labute approximate surface area is 202 Å². The average molecular weight is 500 g/mol. The zero-order chi connectivity index (χ0) is 23.4. The molecule has 0 fully saturated rings. The summed E-state index contributed by atoms with van der Waals surface area (Å²) >= 11 is 3.18. The first-order chi connectivity index (χ1) is 15.9. The standard InChI is InChI=1S/C23H25N5O2S3/c1-4-27(5-2)33(29,30)21-13-9-10-18(14-21)22-25-26-23(28(22)20-11-7-6-8-12-20)32-16-19-15-31-17(3)24-19/h6-15H,4-5,16H2,1-3H3. The van der Waals surface area contributed by atoms with Gasteiger partial charge in [-0.15, -0.1) is 21.5 Å². The van der Waals surface area contributed by atoms with E-state index in [0.717, 1.165) is 21.5 Å². The van der Waals surface area contributed by atoms with E-state index in [0.29, 0.717) is 30.2 Å². The molecule has 0 spiro atoms. The zero-order valence-corrected chi connectivity index (χ0v) is 21.1. The van der Waals surface area contributed by atoms with E-state index in [-0.39, 0.29) is 4.90 Å². The normalized spacial score (nSPS) is 11.9. The van der Waals surface area contributed by atoms with E-state index in [2.05, 4.69) is 15.2 Å². The van der Waals surface area contributed by atoms with E-state index in [1.807, 2.05) is 67.1 Å². The van der Waals surface area contributed by atoms with Gasteiger partial charge in [0.1, 0.15) is 0 Å². The van der Waals surface area contributed by atoms with Crippen molar-refractivity contribution in [1.29, 1.82) is 0 Å². The van der Waals surface area contributed by atoms with E-state index < -0.39 is 10.0 Å². The van der Waals surface area contributed by atoms with Crippen LogP contribution in [0.5, 0.6) is 0 Å². The van der Waals surface area contributed by atoms with Crippen molar-refractivity contribution in [2.24, 2.45) is 0 Å². The van der Waals surface area contributed by atoms with Crippen LogP contribution >= 0.6 is 23.1 Å². The predicted molar refractivity (Wildman–Crippen MR) is 133 cm³/mol. The van der Waals surface area contributed by atoms with Gasteiger partial charge in [-0.1, -0.05) is 55.9 Å². The molecular weight excluding hydrogens is 474 g/mol. The number of benzene rings is 2. The topological polar surface area (TPSA) is 81.0 Å². The average Bonchev–Trinajstić information content (AvgIpc) is 3.45. The molecule has 0 radical (unpaired) electrons. The van der Waals surface area contributed by atoms with Crippen LogP contribution in [-0.4, -0.2) is 45.6 Å². The molecule has 172 valence electrons. The number of para-hydroxylation sites is 1. The van der Waals surface area contributed by atoms with Gasteiger partial charge in [-0.05, 0) is 31.2 Å². The Balaban J connectivity index is 1.76. The monoisotopic (exact) mass is 499 g/mol. The van der Waals surface area contributed by atoms with Crippen molar-refractivity contribution in [2.75, 3.05) is 13.1 Å². The van der Waals surface area contributed by atoms with Crippen LogP contribution in [0.3, 0.4) is 0 Å². The lowest BCUT2D eigenvalue weighted by molar-refractivity contribution is 0.445. The number of thiazole rings is 1. The first kappa shape index (κ1) is 23.6. The van der Waals surface area contributed by atoms with E-state index in [1.165, 1.54) is 4.31 Å². The molecule has 0 amide bonds. The summed E-state index contributed by atoms with van der Waals surface area (Å²) in [6.07, 6.45) is 0. The third-order valence-electron chi connectivity index (χ3n) is 5.10. The first-order valence-electron chi connectivity index (χ1n) is 10.6. The highest BCUT2D eigenvalue weighted by Crippen LogP contribution is 2.31. The van der Waals surface area contributed by atoms with Gasteiger partial charge >= 0.3 is 0 Å². The van der Waals surface area contributed by atoms with E-state index in [1.54, 1.807) is 41.3 Å². The van der Waals surface area contributed by atoms with Crippen molar-refractivity contribution >= 4 is 33.1 Å². The first-order valence-corrected chi connectivity index (χ1v) is 13.9. The van der Waals surface area contributed by atoms with Crippen LogP contribution in [0.1, 0.15) is 24.5 Å². The number of rotatable bonds is 9. The summed E-state index contributed by atoms with van der Waals surface area (Å²) in [4.78, 5) is 4.78. The Bertz CT molecular complexity index is 1330. The van der Waals surface area contributed by atoms with Gasteiger partial charge in [-0.25, -0.2) is 13.4 Å². The minimum absolute atomic E-state index is 0.249. The van der Waals surface area contributed by atoms with Gasteiger partial charge in [0.2, 0.25) is 10.0 Å². The number of aromatic nitrogens is 4. The van der Waals surface area contributed by atoms with E-state index in [4.69, 9.17) is 0 Å². The van der Waals surface area contributed by atoms with E-state index >= 15 is 0 Å². The maximum atomic E-state index is 13.1. The molecule has 0 unspecified atom stereocenters. The minimum Gasteiger partial charge on any atom is -0.270 e. The SMILES string of the molecule is CCN(CC)S(=O)(=O)c1cccc(-c2nnc(SCc3csc(C)n3)n2-c2ccccc2)c1. The number of nitrogens with zero attached hydrogens (tertiary/aromatic N) is 5. The van der Waals surface area contributed by atoms with E-state index in [9.17, 15) is 8.42 Å². The molecular formula is C23H25N5O2S3. The van der Waals surface area contributed by atoms with Gasteiger partial charge in [0.25, 0.3) is 0 Å². The molecule has 0 N–H and O–H groups in total. The summed E-state index contributed by atoms with van der Waals surface area (Å²) in [5.74, 6) is 1.26. The number of sulfonamides is 1. The Hall–Kier alpha value is -2.53. The Kier molecular flexibility index (Phi) is 7.28. The van der Waals surface area contributed by atoms with Gasteiger partial charge in [0, 0.05) is 35.5 Å². The van der Waals surface area contributed by atoms with Crippen molar-refractivity contribution in [3.63, 3.8) is 0 Å². The second kappa shape index (κ2) is 10.2. The highest BCUT2D eigenvalue weighted by atomic mass is 32.2. The third kappa shape index (κ3) is 5.03. The summed E-state index contributed by atoms with van der Waals surface area (Å²) in [5, 5.41) is 12.7. The van der Waals surface area contributed by atoms with Crippen LogP contribution in [0.25, 0.3) is 17.1 Å². The second-order valence-electron chi connectivity index (χ2n) is 7.24. The van der Waals surface area contributed by atoms with Crippen LogP contribution in [0.2, 0.25) is 0 Å². The minimum atomic E-state index is -3.58. The number of aryl methyl sites for hydroxylation is 1. The second-order valence-corrected chi connectivity index (χ2v) is 11.2. The number of hydrogen-bond donors (Lipinski definition) is 0. The molecule has 2 heterocycles. The van der Waals surface area contributed by atoms with Gasteiger partial charge in [0.05, 0.1) is 15.6 Å². The lowest BCUT2D eigenvalue weighted by Gasteiger charge is -2.18. The molecule has 10 heteroatoms. The predicted octanol–water partition coefficient (Wildman–Crippen LogP) is 5.02. The highest BCUT2D eigenvalue weighted by Gasteiger charge is 2.23. The lowest BCUT2D eigenvalue weighted by Crippen LogP contribution is -2.30. The highest BCUT2D eigenvalue weighted by molar-refractivity contribution is 7.98. The van der Waals surface area contributed by atoms with Gasteiger partial charge in [-0.2, -0.15) is 4.31 Å². The van der Waals surface area contributed by atoms with Crippen LogP contribution in [-0.2, 0) is 15.8 Å². The summed E-state index contributed by atoms with van der Waals surface area (Å²) in [6, 6.07) is 16.8. The fraction of sp³-hybridized carbons (Fsp3) is 0.261. The summed E-state index contributed by atoms with van der Waals surface area (Å²) in [6.45, 7) is 6.50. The summed E-state index contributed by atoms with van der Waals surface area (Å²) in [7, 11) is -3.58. The molecule has 0 aliphatic carbocycles. The zero-order valence-electron chi connectivity index (χ0n) is 18.7. The molecule has 2 aromatic heterocycles. The smallest absolute Gasteiger partial charge is 0.243 e. The Morgan fingerprint density at radius 1 is 1.03 bits per heavy atom. The van der Waals surface area contributed by atoms with Crippen LogP contribution in [0.15, 0.2) is 70.0 Å². The maximum absolute atomic E-state index is 13.1. The molecule has 0 saturated heterocycles. The molecule has 2 aromatic carbocycles. The van der Waals surface area contributed by atoms with Gasteiger partial charge in [0.15, 0.2) is 11.0 Å². The van der Waals surface area contributed by atoms with Gasteiger partial charge in [-0.3, -0.25) is 4.57 Å². The lowest BCUT2D eigenvalue weighted by atomic mass is 10.2. The molecule has 4 aromatic rings. The molecule has 0 aliphatic heterocycles. The quantitative estimate of drug-likeness (QED) is 0.301. The summed E-state index contributed by atoms with van der Waals surface area (Å²) in [5.41, 5.74) is 2.60. The fourth-order valence-corrected chi connectivity index (χ4v) is 6.55. The molecule has 0 bridgehead atoms. The summed E-state index contributed by atoms with van der Waals surface area (Å²) < 4.78 is 29.6. The van der Waals surface area contributed by atoms with Crippen molar-refractivity contribution < 1.29 is 8.42 Å². The molecule has 0 saturated carbocycles. The number of hydrogen-bond acceptors (Lipinski definition) is 7. The fourth-order valence-electron chi connectivity index (χ4n) is 3.48. The van der Waals surface area contributed by atoms with Crippen LogP contribution < -0.4 is 0 Å². The molecule has 0 atom stereocenters. The van der Waals surface area contributed by atoms with Crippen molar-refractivity contribution in [1.82, 2.24) is 24.1 Å². The third-order valence-corrected chi connectivity index (χ3v) is 8.93. The largest absolute Gasteiger partial charge is 0.270 e. The van der Waals surface area contributed by atoms with Crippen molar-refractivity contribution in [3.05, 3.63) is 70.7 Å². The van der Waals surface area contributed by atoms with Crippen LogP contribution in [0, 0.1) is 6.92 Å². The van der Waals surface area contributed by atoms with Crippen LogP contribution in [0.4, 0.5) is 0 Å². The van der Waals surface area contributed by atoms with Crippen molar-refractivity contribution in [3.8, 4) is 17.1 Å². The van der Waals surface area contributed by atoms with Crippen molar-refractivity contribution in [2.45, 2.75) is 36.6 Å². The Morgan fingerprint density at radius 3 is 2.45 bits per heavy atom. The molecule has 4 rings (SSSR count). The Morgan fingerprint density at radius 2 is 1.79 bits per heavy atom. The molecule has 7 nitrogen and oxygen atoms in total. The molecule has 0 aliphatic rings. The molecule has 33 heavy (non-hydrogen) atoms.